The third-order valence-corrected chi connectivity index (χ3v) is 3.32. The van der Waals surface area contributed by atoms with Crippen molar-refractivity contribution in [3.63, 3.8) is 0 Å². The average Bonchev–Trinajstić information content (AvgIpc) is 2.25. The van der Waals surface area contributed by atoms with Gasteiger partial charge in [0.15, 0.2) is 0 Å². The molecule has 0 fully saturated rings. The predicted molar refractivity (Wildman–Crippen MR) is 67.4 cm³/mol. The summed E-state index contributed by atoms with van der Waals surface area (Å²) in [7, 11) is -0.894. The lowest BCUT2D eigenvalue weighted by Crippen LogP contribution is -2.22. The second-order valence-electron chi connectivity index (χ2n) is 3.42. The van der Waals surface area contributed by atoms with Gasteiger partial charge in [-0.1, -0.05) is 0 Å². The van der Waals surface area contributed by atoms with Crippen LogP contribution in [0.1, 0.15) is 13.8 Å². The van der Waals surface area contributed by atoms with Gasteiger partial charge in [-0.2, -0.15) is 15.0 Å². The Hall–Kier alpha value is -1.44. The van der Waals surface area contributed by atoms with Gasteiger partial charge in [0.25, 0.3) is 0 Å². The molecule has 2 unspecified atom stereocenters. The van der Waals surface area contributed by atoms with Crippen molar-refractivity contribution in [3.05, 3.63) is 0 Å². The monoisotopic (exact) mass is 259 g/mol. The van der Waals surface area contributed by atoms with Crippen LogP contribution in [0.4, 0.5) is 11.9 Å². The van der Waals surface area contributed by atoms with Gasteiger partial charge < -0.3 is 15.8 Å². The van der Waals surface area contributed by atoms with E-state index in [4.69, 9.17) is 10.5 Å². The molecule has 1 aromatic rings. The summed E-state index contributed by atoms with van der Waals surface area (Å²) in [6, 6.07) is 0.188. The topological polar surface area (TPSA) is 103 Å². The summed E-state index contributed by atoms with van der Waals surface area (Å²) in [4.78, 5) is 11.8. The van der Waals surface area contributed by atoms with Crippen molar-refractivity contribution in [1.29, 1.82) is 0 Å². The Labute approximate surface area is 103 Å². The van der Waals surface area contributed by atoms with Gasteiger partial charge in [0.1, 0.15) is 0 Å². The SMILES string of the molecule is CCOc1nc(N)nc(NCC(C)S(C)=O)n1. The van der Waals surface area contributed by atoms with E-state index in [2.05, 4.69) is 20.3 Å². The van der Waals surface area contributed by atoms with E-state index in [0.717, 1.165) is 0 Å². The summed E-state index contributed by atoms with van der Waals surface area (Å²) in [5, 5.41) is 2.95. The van der Waals surface area contributed by atoms with Crippen LogP contribution < -0.4 is 15.8 Å². The zero-order valence-corrected chi connectivity index (χ0v) is 11.0. The second-order valence-corrected chi connectivity index (χ2v) is 5.22. The lowest BCUT2D eigenvalue weighted by atomic mass is 10.5. The number of nitrogens with zero attached hydrogens (tertiary/aromatic N) is 3. The number of ether oxygens (including phenoxy) is 1. The van der Waals surface area contributed by atoms with Crippen LogP contribution in [-0.4, -0.2) is 43.8 Å². The highest BCUT2D eigenvalue weighted by Gasteiger charge is 2.09. The molecule has 2 atom stereocenters. The minimum absolute atomic E-state index is 0.00327. The fourth-order valence-electron chi connectivity index (χ4n) is 0.997. The summed E-state index contributed by atoms with van der Waals surface area (Å²) >= 11 is 0. The molecule has 1 rings (SSSR count). The number of hydrogen-bond acceptors (Lipinski definition) is 7. The highest BCUT2D eigenvalue weighted by Crippen LogP contribution is 2.09. The molecule has 7 nitrogen and oxygen atoms in total. The molecule has 0 aliphatic carbocycles. The Balaban J connectivity index is 2.67. The first-order valence-corrected chi connectivity index (χ1v) is 6.85. The zero-order chi connectivity index (χ0) is 12.8. The van der Waals surface area contributed by atoms with Crippen LogP contribution in [0.15, 0.2) is 0 Å². The highest BCUT2D eigenvalue weighted by molar-refractivity contribution is 7.84. The summed E-state index contributed by atoms with van der Waals surface area (Å²) in [6.07, 6.45) is 1.65. The van der Waals surface area contributed by atoms with Crippen molar-refractivity contribution in [2.75, 3.05) is 30.5 Å². The van der Waals surface area contributed by atoms with Crippen LogP contribution >= 0.6 is 0 Å². The predicted octanol–water partition coefficient (Wildman–Crippen LogP) is 0.0314. The van der Waals surface area contributed by atoms with Gasteiger partial charge in [0.2, 0.25) is 11.9 Å². The zero-order valence-electron chi connectivity index (χ0n) is 10.1. The van der Waals surface area contributed by atoms with Crippen LogP contribution in [0, 0.1) is 0 Å². The minimum Gasteiger partial charge on any atom is -0.464 e. The second kappa shape index (κ2) is 6.33. The number of aromatic nitrogens is 3. The standard InChI is InChI=1S/C9H17N5O2S/c1-4-16-9-13-7(10)12-8(14-9)11-5-6(2)17(3)15/h6H,4-5H2,1-3H3,(H3,10,11,12,13,14). The van der Waals surface area contributed by atoms with Gasteiger partial charge in [-0.3, -0.25) is 4.21 Å². The van der Waals surface area contributed by atoms with E-state index in [0.29, 0.717) is 19.1 Å². The van der Waals surface area contributed by atoms with Crippen molar-refractivity contribution in [2.45, 2.75) is 19.1 Å². The molecule has 1 heterocycles. The molecule has 0 bridgehead atoms. The Kier molecular flexibility index (Phi) is 5.08. The normalized spacial score (nSPS) is 14.1. The van der Waals surface area contributed by atoms with Crippen LogP contribution in [-0.2, 0) is 10.8 Å². The van der Waals surface area contributed by atoms with E-state index in [9.17, 15) is 4.21 Å². The van der Waals surface area contributed by atoms with Gasteiger partial charge in [0.05, 0.1) is 6.61 Å². The molecule has 0 spiro atoms. The summed E-state index contributed by atoms with van der Waals surface area (Å²) < 4.78 is 16.3. The molecule has 0 aliphatic rings. The Morgan fingerprint density at radius 3 is 2.76 bits per heavy atom. The molecule has 0 amide bonds. The van der Waals surface area contributed by atoms with E-state index >= 15 is 0 Å². The Morgan fingerprint density at radius 2 is 2.18 bits per heavy atom. The van der Waals surface area contributed by atoms with E-state index in [-0.39, 0.29) is 17.2 Å². The third kappa shape index (κ3) is 4.51. The number of nitrogens with one attached hydrogen (secondary N) is 1. The van der Waals surface area contributed by atoms with Crippen LogP contribution in [0.5, 0.6) is 6.01 Å². The summed E-state index contributed by atoms with van der Waals surface area (Å²) in [5.41, 5.74) is 5.51. The number of anilines is 2. The van der Waals surface area contributed by atoms with Gasteiger partial charge >= 0.3 is 6.01 Å². The van der Waals surface area contributed by atoms with Crippen molar-refractivity contribution < 1.29 is 8.95 Å². The Bertz CT molecular complexity index is 401. The molecule has 1 aromatic heterocycles. The number of rotatable bonds is 6. The van der Waals surface area contributed by atoms with Gasteiger partial charge in [-0.25, -0.2) is 0 Å². The lowest BCUT2D eigenvalue weighted by molar-refractivity contribution is 0.312. The molecule has 3 N–H and O–H groups in total. The van der Waals surface area contributed by atoms with Gasteiger partial charge in [-0.15, -0.1) is 0 Å². The van der Waals surface area contributed by atoms with Crippen molar-refractivity contribution in [3.8, 4) is 6.01 Å². The van der Waals surface area contributed by atoms with Crippen molar-refractivity contribution >= 4 is 22.7 Å². The van der Waals surface area contributed by atoms with Gasteiger partial charge in [-0.05, 0) is 13.8 Å². The minimum atomic E-state index is -0.894. The molecule has 8 heteroatoms. The van der Waals surface area contributed by atoms with Crippen molar-refractivity contribution in [1.82, 2.24) is 15.0 Å². The van der Waals surface area contributed by atoms with Gasteiger partial charge in [0, 0.05) is 28.9 Å². The molecular weight excluding hydrogens is 242 g/mol. The van der Waals surface area contributed by atoms with Crippen LogP contribution in [0.25, 0.3) is 0 Å². The average molecular weight is 259 g/mol. The number of nitrogens with two attached hydrogens (primary N) is 1. The van der Waals surface area contributed by atoms with Crippen LogP contribution in [0.2, 0.25) is 0 Å². The summed E-state index contributed by atoms with van der Waals surface area (Å²) in [6.45, 7) is 4.66. The molecule has 0 saturated heterocycles. The van der Waals surface area contributed by atoms with E-state index < -0.39 is 10.8 Å². The first kappa shape index (κ1) is 13.6. The molecule has 0 aliphatic heterocycles. The quantitative estimate of drug-likeness (QED) is 0.743. The molecule has 0 radical (unpaired) electrons. The fraction of sp³-hybridized carbons (Fsp3) is 0.667. The Morgan fingerprint density at radius 1 is 1.47 bits per heavy atom. The fourth-order valence-corrected chi connectivity index (χ4v) is 1.32. The summed E-state index contributed by atoms with van der Waals surface area (Å²) in [5.74, 6) is 0.425. The largest absolute Gasteiger partial charge is 0.464 e. The maximum Gasteiger partial charge on any atom is 0.323 e. The number of hydrogen-bond donors (Lipinski definition) is 2. The lowest BCUT2D eigenvalue weighted by Gasteiger charge is -2.10. The molecular formula is C9H17N5O2S. The number of nitrogen functional groups attached to an aromatic ring is 1. The van der Waals surface area contributed by atoms with E-state index in [1.54, 1.807) is 6.26 Å². The maximum absolute atomic E-state index is 11.2. The molecule has 96 valence electrons. The first-order chi connectivity index (χ1) is 8.02. The maximum atomic E-state index is 11.2. The van der Waals surface area contributed by atoms with Crippen LogP contribution in [0.3, 0.4) is 0 Å². The highest BCUT2D eigenvalue weighted by atomic mass is 32.2. The molecule has 0 saturated carbocycles. The van der Waals surface area contributed by atoms with E-state index in [1.165, 1.54) is 0 Å². The molecule has 17 heavy (non-hydrogen) atoms. The van der Waals surface area contributed by atoms with E-state index in [1.807, 2.05) is 13.8 Å². The molecule has 0 aromatic carbocycles. The van der Waals surface area contributed by atoms with Crippen molar-refractivity contribution in [2.24, 2.45) is 0 Å². The smallest absolute Gasteiger partial charge is 0.323 e. The first-order valence-electron chi connectivity index (χ1n) is 5.23. The third-order valence-electron chi connectivity index (χ3n) is 2.02.